The average molecular weight is 303 g/mol. The highest BCUT2D eigenvalue weighted by Crippen LogP contribution is 2.14. The predicted octanol–water partition coefficient (Wildman–Crippen LogP) is 1.20. The Labute approximate surface area is 134 Å². The van der Waals surface area contributed by atoms with Crippen molar-refractivity contribution in [1.29, 1.82) is 0 Å². The molecule has 0 aliphatic carbocycles. The molecular weight excluding hydrogens is 274 g/mol. The molecule has 2 N–H and O–H groups in total. The first-order valence-electron chi connectivity index (χ1n) is 8.09. The van der Waals surface area contributed by atoms with Gasteiger partial charge in [-0.2, -0.15) is 0 Å². The number of nitrogens with zero attached hydrogens (tertiary/aromatic N) is 4. The summed E-state index contributed by atoms with van der Waals surface area (Å²) in [5.41, 5.74) is 8.52. The van der Waals surface area contributed by atoms with Gasteiger partial charge in [0.25, 0.3) is 0 Å². The van der Waals surface area contributed by atoms with E-state index in [9.17, 15) is 0 Å². The van der Waals surface area contributed by atoms with E-state index in [2.05, 4.69) is 46.0 Å². The van der Waals surface area contributed by atoms with E-state index in [1.165, 1.54) is 24.2 Å². The highest BCUT2D eigenvalue weighted by molar-refractivity contribution is 5.77. The molecule has 1 aliphatic rings. The largest absolute Gasteiger partial charge is 0.370 e. The van der Waals surface area contributed by atoms with E-state index < -0.39 is 0 Å². The SMILES string of the molecule is CCN1CCN(Cc2ccccc2CN=C(N)N(C)C)CC1. The lowest BCUT2D eigenvalue weighted by molar-refractivity contribution is 0.131. The maximum atomic E-state index is 5.89. The van der Waals surface area contributed by atoms with Crippen LogP contribution in [0.25, 0.3) is 0 Å². The lowest BCUT2D eigenvalue weighted by atomic mass is 10.1. The zero-order valence-electron chi connectivity index (χ0n) is 14.1. The molecule has 0 unspecified atom stereocenters. The Kier molecular flexibility index (Phi) is 6.21. The summed E-state index contributed by atoms with van der Waals surface area (Å²) in [7, 11) is 3.83. The third-order valence-electron chi connectivity index (χ3n) is 4.29. The summed E-state index contributed by atoms with van der Waals surface area (Å²) in [6, 6.07) is 8.56. The van der Waals surface area contributed by atoms with E-state index in [1.807, 2.05) is 19.0 Å². The van der Waals surface area contributed by atoms with Gasteiger partial charge in [0, 0.05) is 46.8 Å². The number of aliphatic imine (C=N–C) groups is 1. The third-order valence-corrected chi connectivity index (χ3v) is 4.29. The lowest BCUT2D eigenvalue weighted by Crippen LogP contribution is -2.45. The lowest BCUT2D eigenvalue weighted by Gasteiger charge is -2.34. The quantitative estimate of drug-likeness (QED) is 0.656. The summed E-state index contributed by atoms with van der Waals surface area (Å²) in [5, 5.41) is 0. The molecule has 122 valence electrons. The van der Waals surface area contributed by atoms with Gasteiger partial charge < -0.3 is 15.5 Å². The second-order valence-corrected chi connectivity index (χ2v) is 6.05. The van der Waals surface area contributed by atoms with Gasteiger partial charge in [0.1, 0.15) is 0 Å². The number of benzene rings is 1. The summed E-state index contributed by atoms with van der Waals surface area (Å²) >= 11 is 0. The molecule has 2 rings (SSSR count). The Morgan fingerprint density at radius 3 is 2.27 bits per heavy atom. The highest BCUT2D eigenvalue weighted by Gasteiger charge is 2.16. The highest BCUT2D eigenvalue weighted by atomic mass is 15.3. The molecule has 0 amide bonds. The summed E-state index contributed by atoms with van der Waals surface area (Å²) in [4.78, 5) is 11.3. The molecule has 22 heavy (non-hydrogen) atoms. The van der Waals surface area contributed by atoms with Crippen LogP contribution in [0.3, 0.4) is 0 Å². The van der Waals surface area contributed by atoms with Crippen LogP contribution in [0.1, 0.15) is 18.1 Å². The van der Waals surface area contributed by atoms with Gasteiger partial charge >= 0.3 is 0 Å². The number of likely N-dealkylation sites (N-methyl/N-ethyl adjacent to an activating group) is 1. The first-order valence-corrected chi connectivity index (χ1v) is 8.09. The predicted molar refractivity (Wildman–Crippen MR) is 92.8 cm³/mol. The van der Waals surface area contributed by atoms with Gasteiger partial charge in [-0.15, -0.1) is 0 Å². The Balaban J connectivity index is 1.98. The van der Waals surface area contributed by atoms with Gasteiger partial charge in [-0.05, 0) is 17.7 Å². The smallest absolute Gasteiger partial charge is 0.191 e. The first kappa shape index (κ1) is 16.8. The molecule has 1 saturated heterocycles. The van der Waals surface area contributed by atoms with Crippen molar-refractivity contribution in [2.75, 3.05) is 46.8 Å². The zero-order chi connectivity index (χ0) is 15.9. The van der Waals surface area contributed by atoms with Crippen molar-refractivity contribution in [1.82, 2.24) is 14.7 Å². The van der Waals surface area contributed by atoms with Crippen molar-refractivity contribution in [3.63, 3.8) is 0 Å². The molecule has 0 aromatic heterocycles. The number of guanidine groups is 1. The molecule has 0 atom stereocenters. The number of hydrogen-bond acceptors (Lipinski definition) is 3. The van der Waals surface area contributed by atoms with Gasteiger partial charge in [0.2, 0.25) is 0 Å². The molecule has 0 bridgehead atoms. The molecule has 1 heterocycles. The van der Waals surface area contributed by atoms with Crippen molar-refractivity contribution < 1.29 is 0 Å². The van der Waals surface area contributed by atoms with E-state index in [0.717, 1.165) is 26.2 Å². The fourth-order valence-corrected chi connectivity index (χ4v) is 2.68. The number of nitrogens with two attached hydrogens (primary N) is 1. The van der Waals surface area contributed by atoms with Crippen molar-refractivity contribution >= 4 is 5.96 Å². The molecule has 0 spiro atoms. The Morgan fingerprint density at radius 1 is 1.09 bits per heavy atom. The van der Waals surface area contributed by atoms with Crippen LogP contribution >= 0.6 is 0 Å². The van der Waals surface area contributed by atoms with Gasteiger partial charge in [-0.3, -0.25) is 4.90 Å². The second-order valence-electron chi connectivity index (χ2n) is 6.05. The number of rotatable bonds is 5. The molecule has 5 nitrogen and oxygen atoms in total. The maximum absolute atomic E-state index is 5.89. The van der Waals surface area contributed by atoms with Gasteiger partial charge in [0.05, 0.1) is 6.54 Å². The van der Waals surface area contributed by atoms with Gasteiger partial charge in [-0.25, -0.2) is 4.99 Å². The minimum Gasteiger partial charge on any atom is -0.370 e. The molecule has 1 aromatic rings. The van der Waals surface area contributed by atoms with Crippen molar-refractivity contribution in [3.05, 3.63) is 35.4 Å². The Hall–Kier alpha value is -1.59. The first-order chi connectivity index (χ1) is 10.6. The molecule has 5 heteroatoms. The fourth-order valence-electron chi connectivity index (χ4n) is 2.68. The van der Waals surface area contributed by atoms with Crippen LogP contribution in [-0.4, -0.2) is 67.5 Å². The number of piperazine rings is 1. The van der Waals surface area contributed by atoms with E-state index >= 15 is 0 Å². The van der Waals surface area contributed by atoms with E-state index in [1.54, 1.807) is 0 Å². The maximum Gasteiger partial charge on any atom is 0.191 e. The molecular formula is C17H29N5. The standard InChI is InChI=1S/C17H29N5/c1-4-21-9-11-22(12-10-21)14-16-8-6-5-7-15(16)13-19-17(18)20(2)3/h5-8H,4,9-14H2,1-3H3,(H2,18,19). The second kappa shape index (κ2) is 8.15. The van der Waals surface area contributed by atoms with Crippen molar-refractivity contribution in [2.45, 2.75) is 20.0 Å². The fraction of sp³-hybridized carbons (Fsp3) is 0.588. The molecule has 0 radical (unpaired) electrons. The molecule has 1 fully saturated rings. The van der Waals surface area contributed by atoms with Gasteiger partial charge in [-0.1, -0.05) is 31.2 Å². The van der Waals surface area contributed by atoms with E-state index in [0.29, 0.717) is 12.5 Å². The van der Waals surface area contributed by atoms with Crippen molar-refractivity contribution in [2.24, 2.45) is 10.7 Å². The summed E-state index contributed by atoms with van der Waals surface area (Å²) < 4.78 is 0. The monoisotopic (exact) mass is 303 g/mol. The minimum absolute atomic E-state index is 0.575. The van der Waals surface area contributed by atoms with Crippen LogP contribution in [0.15, 0.2) is 29.3 Å². The topological polar surface area (TPSA) is 48.1 Å². The molecule has 1 aliphatic heterocycles. The third kappa shape index (κ3) is 4.71. The van der Waals surface area contributed by atoms with Crippen LogP contribution in [0.5, 0.6) is 0 Å². The minimum atomic E-state index is 0.575. The average Bonchev–Trinajstić information content (AvgIpc) is 2.54. The summed E-state index contributed by atoms with van der Waals surface area (Å²) in [5.74, 6) is 0.575. The summed E-state index contributed by atoms with van der Waals surface area (Å²) in [6.07, 6.45) is 0. The van der Waals surface area contributed by atoms with Crippen LogP contribution in [0.2, 0.25) is 0 Å². The van der Waals surface area contributed by atoms with E-state index in [4.69, 9.17) is 5.73 Å². The normalized spacial score (nSPS) is 17.7. The van der Waals surface area contributed by atoms with Crippen LogP contribution in [0.4, 0.5) is 0 Å². The Morgan fingerprint density at radius 2 is 1.68 bits per heavy atom. The van der Waals surface area contributed by atoms with Crippen LogP contribution in [0, 0.1) is 0 Å². The van der Waals surface area contributed by atoms with Gasteiger partial charge in [0.15, 0.2) is 5.96 Å². The van der Waals surface area contributed by atoms with E-state index in [-0.39, 0.29) is 0 Å². The van der Waals surface area contributed by atoms with Crippen molar-refractivity contribution in [3.8, 4) is 0 Å². The zero-order valence-corrected chi connectivity index (χ0v) is 14.1. The number of hydrogen-bond donors (Lipinski definition) is 1. The van der Waals surface area contributed by atoms with Crippen LogP contribution in [-0.2, 0) is 13.1 Å². The summed E-state index contributed by atoms with van der Waals surface area (Å²) in [6.45, 7) is 9.67. The molecule has 1 aromatic carbocycles. The van der Waals surface area contributed by atoms with Crippen LogP contribution < -0.4 is 5.73 Å². The molecule has 0 saturated carbocycles. The Bertz CT molecular complexity index is 490.